The average molecular weight is 400 g/mol. The van der Waals surface area contributed by atoms with E-state index in [1.54, 1.807) is 11.8 Å². The second-order valence-electron chi connectivity index (χ2n) is 6.34. The van der Waals surface area contributed by atoms with E-state index < -0.39 is 0 Å². The molecule has 140 valence electrons. The van der Waals surface area contributed by atoms with Gasteiger partial charge in [-0.1, -0.05) is 23.7 Å². The van der Waals surface area contributed by atoms with Crippen LogP contribution in [0.25, 0.3) is 0 Å². The number of nitrogens with one attached hydrogen (secondary N) is 1. The molecule has 3 aromatic rings. The lowest BCUT2D eigenvalue weighted by molar-refractivity contribution is 0.0956. The summed E-state index contributed by atoms with van der Waals surface area (Å²) in [7, 11) is 0. The Kier molecular flexibility index (Phi) is 6.58. The van der Waals surface area contributed by atoms with E-state index in [9.17, 15) is 4.79 Å². The van der Waals surface area contributed by atoms with Crippen LogP contribution < -0.4 is 5.32 Å². The van der Waals surface area contributed by atoms with Crippen molar-refractivity contribution in [1.29, 1.82) is 0 Å². The number of amides is 1. The van der Waals surface area contributed by atoms with E-state index in [0.29, 0.717) is 18.7 Å². The Morgan fingerprint density at radius 1 is 1.15 bits per heavy atom. The van der Waals surface area contributed by atoms with Crippen LogP contribution in [0.15, 0.2) is 59.5 Å². The highest BCUT2D eigenvalue weighted by molar-refractivity contribution is 7.99. The predicted molar refractivity (Wildman–Crippen MR) is 112 cm³/mol. The molecular formula is C21H22ClN3OS. The van der Waals surface area contributed by atoms with Crippen molar-refractivity contribution < 1.29 is 4.79 Å². The van der Waals surface area contributed by atoms with E-state index in [0.717, 1.165) is 32.6 Å². The first-order valence-corrected chi connectivity index (χ1v) is 10.1. The van der Waals surface area contributed by atoms with Crippen LogP contribution in [0.1, 0.15) is 27.3 Å². The van der Waals surface area contributed by atoms with Crippen molar-refractivity contribution in [2.75, 3.05) is 12.3 Å². The summed E-state index contributed by atoms with van der Waals surface area (Å²) < 4.78 is 1.95. The number of hydrogen-bond donors (Lipinski definition) is 1. The maximum absolute atomic E-state index is 12.4. The molecule has 0 aliphatic heterocycles. The molecule has 0 spiro atoms. The fraction of sp³-hybridized carbons (Fsp3) is 0.238. The van der Waals surface area contributed by atoms with Gasteiger partial charge in [-0.15, -0.1) is 11.8 Å². The third kappa shape index (κ3) is 5.62. The highest BCUT2D eigenvalue weighted by atomic mass is 35.5. The van der Waals surface area contributed by atoms with Gasteiger partial charge in [-0.05, 0) is 61.9 Å². The van der Waals surface area contributed by atoms with Crippen molar-refractivity contribution in [3.8, 4) is 0 Å². The summed E-state index contributed by atoms with van der Waals surface area (Å²) >= 11 is 7.57. The molecule has 27 heavy (non-hydrogen) atoms. The lowest BCUT2D eigenvalue weighted by Crippen LogP contribution is -2.25. The van der Waals surface area contributed by atoms with Gasteiger partial charge in [0.1, 0.15) is 0 Å². The van der Waals surface area contributed by atoms with Crippen LogP contribution in [-0.2, 0) is 6.54 Å². The summed E-state index contributed by atoms with van der Waals surface area (Å²) in [4.78, 5) is 13.6. The SMILES string of the molecule is Cc1cc(C)n(Cc2cccc(C(=O)NCCSc3ccc(Cl)cc3)c2)n1. The van der Waals surface area contributed by atoms with Crippen molar-refractivity contribution in [1.82, 2.24) is 15.1 Å². The van der Waals surface area contributed by atoms with Crippen molar-refractivity contribution in [3.05, 3.63) is 82.1 Å². The van der Waals surface area contributed by atoms with Crippen LogP contribution in [0.5, 0.6) is 0 Å². The van der Waals surface area contributed by atoms with E-state index in [4.69, 9.17) is 11.6 Å². The van der Waals surface area contributed by atoms with Crippen molar-refractivity contribution in [2.45, 2.75) is 25.3 Å². The van der Waals surface area contributed by atoms with E-state index in [-0.39, 0.29) is 5.91 Å². The summed E-state index contributed by atoms with van der Waals surface area (Å²) in [6.07, 6.45) is 0. The van der Waals surface area contributed by atoms with Gasteiger partial charge in [0.2, 0.25) is 0 Å². The monoisotopic (exact) mass is 399 g/mol. The Balaban J connectivity index is 1.52. The van der Waals surface area contributed by atoms with Gasteiger partial charge >= 0.3 is 0 Å². The van der Waals surface area contributed by atoms with E-state index in [1.807, 2.05) is 67.1 Å². The van der Waals surface area contributed by atoms with E-state index in [1.165, 1.54) is 0 Å². The van der Waals surface area contributed by atoms with Crippen LogP contribution >= 0.6 is 23.4 Å². The molecule has 0 aliphatic carbocycles. The quantitative estimate of drug-likeness (QED) is 0.461. The number of halogens is 1. The Morgan fingerprint density at radius 3 is 2.63 bits per heavy atom. The highest BCUT2D eigenvalue weighted by Crippen LogP contribution is 2.19. The van der Waals surface area contributed by atoms with Crippen LogP contribution in [0.3, 0.4) is 0 Å². The fourth-order valence-electron chi connectivity index (χ4n) is 2.79. The number of benzene rings is 2. The van der Waals surface area contributed by atoms with Crippen molar-refractivity contribution in [3.63, 3.8) is 0 Å². The lowest BCUT2D eigenvalue weighted by Gasteiger charge is -2.08. The molecule has 4 nitrogen and oxygen atoms in total. The first-order chi connectivity index (χ1) is 13.0. The summed E-state index contributed by atoms with van der Waals surface area (Å²) in [5.41, 5.74) is 3.84. The molecule has 1 heterocycles. The predicted octanol–water partition coefficient (Wildman–Crippen LogP) is 4.72. The zero-order chi connectivity index (χ0) is 19.2. The van der Waals surface area contributed by atoms with Crippen molar-refractivity contribution in [2.24, 2.45) is 0 Å². The molecule has 0 aliphatic rings. The number of aromatic nitrogens is 2. The molecule has 1 aromatic heterocycles. The molecule has 0 atom stereocenters. The normalized spacial score (nSPS) is 10.8. The molecule has 0 unspecified atom stereocenters. The largest absolute Gasteiger partial charge is 0.351 e. The standard InChI is InChI=1S/C21H22ClN3OS/c1-15-12-16(2)25(24-15)14-17-4-3-5-18(13-17)21(26)23-10-11-27-20-8-6-19(22)7-9-20/h3-9,12-13H,10-11,14H2,1-2H3,(H,23,26). The number of nitrogens with zero attached hydrogens (tertiary/aromatic N) is 2. The molecule has 1 amide bonds. The molecule has 6 heteroatoms. The minimum absolute atomic E-state index is 0.0538. The Morgan fingerprint density at radius 2 is 1.93 bits per heavy atom. The highest BCUT2D eigenvalue weighted by Gasteiger charge is 2.08. The number of rotatable bonds is 7. The topological polar surface area (TPSA) is 46.9 Å². The van der Waals surface area contributed by atoms with Crippen LogP contribution in [0.4, 0.5) is 0 Å². The Hall–Kier alpha value is -2.24. The van der Waals surface area contributed by atoms with Crippen molar-refractivity contribution >= 4 is 29.3 Å². The Bertz CT molecular complexity index is 921. The van der Waals surface area contributed by atoms with Gasteiger partial charge in [0.05, 0.1) is 12.2 Å². The zero-order valence-corrected chi connectivity index (χ0v) is 17.0. The maximum Gasteiger partial charge on any atom is 0.251 e. The van der Waals surface area contributed by atoms with E-state index in [2.05, 4.69) is 16.5 Å². The molecule has 1 N–H and O–H groups in total. The van der Waals surface area contributed by atoms with Gasteiger partial charge in [-0.25, -0.2) is 0 Å². The number of aryl methyl sites for hydroxylation is 2. The van der Waals surface area contributed by atoms with Crippen LogP contribution in [0.2, 0.25) is 5.02 Å². The van der Waals surface area contributed by atoms with E-state index >= 15 is 0 Å². The Labute approximate surface area is 168 Å². The molecule has 0 saturated heterocycles. The third-order valence-electron chi connectivity index (χ3n) is 4.09. The number of hydrogen-bond acceptors (Lipinski definition) is 3. The fourth-order valence-corrected chi connectivity index (χ4v) is 3.68. The molecular weight excluding hydrogens is 378 g/mol. The van der Waals surface area contributed by atoms with Gasteiger partial charge in [-0.2, -0.15) is 5.10 Å². The molecule has 0 saturated carbocycles. The molecule has 0 fully saturated rings. The number of thioether (sulfide) groups is 1. The van der Waals surface area contributed by atoms with Crippen LogP contribution in [-0.4, -0.2) is 28.0 Å². The summed E-state index contributed by atoms with van der Waals surface area (Å²) in [5.74, 6) is 0.751. The van der Waals surface area contributed by atoms with Gasteiger partial charge in [-0.3, -0.25) is 9.48 Å². The maximum atomic E-state index is 12.4. The second-order valence-corrected chi connectivity index (χ2v) is 7.95. The summed E-state index contributed by atoms with van der Waals surface area (Å²) in [6, 6.07) is 17.5. The van der Waals surface area contributed by atoms with Gasteiger partial charge in [0.25, 0.3) is 5.91 Å². The van der Waals surface area contributed by atoms with Gasteiger partial charge < -0.3 is 5.32 Å². The molecule has 0 radical (unpaired) electrons. The zero-order valence-electron chi connectivity index (χ0n) is 15.4. The number of carbonyl (C=O) groups excluding carboxylic acids is 1. The minimum Gasteiger partial charge on any atom is -0.351 e. The molecule has 3 rings (SSSR count). The summed E-state index contributed by atoms with van der Waals surface area (Å²) in [6.45, 7) is 5.28. The first-order valence-electron chi connectivity index (χ1n) is 8.78. The van der Waals surface area contributed by atoms with Gasteiger partial charge in [0, 0.05) is 33.5 Å². The minimum atomic E-state index is -0.0538. The second kappa shape index (κ2) is 9.11. The lowest BCUT2D eigenvalue weighted by atomic mass is 10.1. The number of carbonyl (C=O) groups is 1. The van der Waals surface area contributed by atoms with Crippen LogP contribution in [0, 0.1) is 13.8 Å². The first kappa shape index (κ1) is 19.5. The third-order valence-corrected chi connectivity index (χ3v) is 5.36. The molecule has 2 aromatic carbocycles. The average Bonchev–Trinajstić information content (AvgIpc) is 2.97. The molecule has 0 bridgehead atoms. The summed E-state index contributed by atoms with van der Waals surface area (Å²) in [5, 5.41) is 8.19. The smallest absolute Gasteiger partial charge is 0.251 e. The van der Waals surface area contributed by atoms with Gasteiger partial charge in [0.15, 0.2) is 0 Å².